The molecular weight excluding hydrogens is 230 g/mol. The number of hydrogen-bond acceptors (Lipinski definition) is 1. The topological polar surface area (TPSA) is 23.9 Å². The van der Waals surface area contributed by atoms with E-state index in [1.54, 1.807) is 0 Å². The van der Waals surface area contributed by atoms with Crippen LogP contribution in [0.25, 0.3) is 10.8 Å². The van der Waals surface area contributed by atoms with E-state index in [-0.39, 0.29) is 0 Å². The largest absolute Gasteiger partial charge is 0.304 e. The lowest BCUT2D eigenvalue weighted by atomic mass is 9.97. The van der Waals surface area contributed by atoms with Gasteiger partial charge in [0.15, 0.2) is 0 Å². The van der Waals surface area contributed by atoms with Gasteiger partial charge in [0.2, 0.25) is 0 Å². The molecule has 0 aliphatic carbocycles. The van der Waals surface area contributed by atoms with Crippen LogP contribution < -0.4 is 0 Å². The summed E-state index contributed by atoms with van der Waals surface area (Å²) in [6, 6.07) is 24.6. The van der Waals surface area contributed by atoms with Gasteiger partial charge in [-0.25, -0.2) is 0 Å². The van der Waals surface area contributed by atoms with E-state index in [0.29, 0.717) is 12.1 Å². The van der Waals surface area contributed by atoms with Crippen molar-refractivity contribution in [2.75, 3.05) is 0 Å². The van der Waals surface area contributed by atoms with Crippen LogP contribution in [0.4, 0.5) is 0 Å². The summed E-state index contributed by atoms with van der Waals surface area (Å²) in [5.41, 5.74) is 2.88. The first-order valence-electron chi connectivity index (χ1n) is 6.44. The molecule has 0 aliphatic rings. The van der Waals surface area contributed by atoms with Crippen LogP contribution in [0.2, 0.25) is 0 Å². The van der Waals surface area contributed by atoms with E-state index in [1.807, 2.05) is 42.5 Å². The Morgan fingerprint density at radius 2 is 1.42 bits per heavy atom. The third-order valence-corrected chi connectivity index (χ3v) is 3.34. The predicted octanol–water partition coefficient (Wildman–Crippen LogP) is 4.45. The number of hydrogen-bond donors (Lipinski definition) is 1. The quantitative estimate of drug-likeness (QED) is 0.659. The van der Waals surface area contributed by atoms with Gasteiger partial charge in [0.05, 0.1) is 0 Å². The minimum Gasteiger partial charge on any atom is -0.304 e. The van der Waals surface area contributed by atoms with Crippen LogP contribution in [-0.4, -0.2) is 5.71 Å². The van der Waals surface area contributed by atoms with Crippen molar-refractivity contribution in [2.45, 2.75) is 6.42 Å². The maximum Gasteiger partial charge on any atom is 0.0436 e. The Hall–Kier alpha value is -2.41. The van der Waals surface area contributed by atoms with Crippen molar-refractivity contribution in [1.82, 2.24) is 0 Å². The summed E-state index contributed by atoms with van der Waals surface area (Å²) in [5, 5.41) is 10.7. The van der Waals surface area contributed by atoms with E-state index in [4.69, 9.17) is 5.41 Å². The maximum absolute atomic E-state index is 8.35. The Balaban J connectivity index is 1.98. The maximum atomic E-state index is 8.35. The SMILES string of the molecule is N=C(Cc1ccccc1)c1cccc2ccccc12. The molecule has 0 bridgehead atoms. The average molecular weight is 245 g/mol. The van der Waals surface area contributed by atoms with Crippen molar-refractivity contribution >= 4 is 16.5 Å². The van der Waals surface area contributed by atoms with Crippen LogP contribution in [0, 0.1) is 5.41 Å². The lowest BCUT2D eigenvalue weighted by molar-refractivity contribution is 1.28. The second-order valence-electron chi connectivity index (χ2n) is 4.67. The predicted molar refractivity (Wildman–Crippen MR) is 80.9 cm³/mol. The van der Waals surface area contributed by atoms with Gasteiger partial charge < -0.3 is 5.41 Å². The molecule has 92 valence electrons. The second-order valence-corrected chi connectivity index (χ2v) is 4.67. The standard InChI is InChI=1S/C18H15N/c19-18(13-14-7-2-1-3-8-14)17-12-6-10-15-9-4-5-11-16(15)17/h1-12,19H,13H2. The molecule has 19 heavy (non-hydrogen) atoms. The third kappa shape index (κ3) is 2.41. The van der Waals surface area contributed by atoms with Gasteiger partial charge in [-0.3, -0.25) is 0 Å². The van der Waals surface area contributed by atoms with Crippen molar-refractivity contribution in [2.24, 2.45) is 0 Å². The summed E-state index contributed by atoms with van der Waals surface area (Å²) in [7, 11) is 0. The van der Waals surface area contributed by atoms with E-state index in [9.17, 15) is 0 Å². The van der Waals surface area contributed by atoms with Crippen molar-refractivity contribution < 1.29 is 0 Å². The number of nitrogens with one attached hydrogen (secondary N) is 1. The molecule has 0 fully saturated rings. The average Bonchev–Trinajstić information content (AvgIpc) is 2.47. The third-order valence-electron chi connectivity index (χ3n) is 3.34. The van der Waals surface area contributed by atoms with Gasteiger partial charge in [-0.05, 0) is 16.3 Å². The molecule has 0 saturated heterocycles. The van der Waals surface area contributed by atoms with E-state index < -0.39 is 0 Å². The molecule has 3 aromatic rings. The minimum absolute atomic E-state index is 0.669. The molecule has 0 spiro atoms. The summed E-state index contributed by atoms with van der Waals surface area (Å²) in [6.07, 6.45) is 0.675. The van der Waals surface area contributed by atoms with Gasteiger partial charge in [0, 0.05) is 17.7 Å². The molecule has 0 aliphatic heterocycles. The van der Waals surface area contributed by atoms with E-state index >= 15 is 0 Å². The van der Waals surface area contributed by atoms with Crippen LogP contribution in [0.5, 0.6) is 0 Å². The zero-order valence-electron chi connectivity index (χ0n) is 10.6. The lowest BCUT2D eigenvalue weighted by Crippen LogP contribution is -2.04. The van der Waals surface area contributed by atoms with Crippen molar-refractivity contribution in [3.8, 4) is 0 Å². The molecule has 0 saturated carbocycles. The first-order chi connectivity index (χ1) is 9.34. The first kappa shape index (κ1) is 11.7. The monoisotopic (exact) mass is 245 g/mol. The van der Waals surface area contributed by atoms with Crippen molar-refractivity contribution in [3.05, 3.63) is 83.9 Å². The minimum atomic E-state index is 0.669. The van der Waals surface area contributed by atoms with E-state index in [1.165, 1.54) is 10.9 Å². The summed E-state index contributed by atoms with van der Waals surface area (Å²) < 4.78 is 0. The normalized spacial score (nSPS) is 10.5. The van der Waals surface area contributed by atoms with Gasteiger partial charge in [0.25, 0.3) is 0 Å². The molecule has 1 N–H and O–H groups in total. The highest BCUT2D eigenvalue weighted by Crippen LogP contribution is 2.20. The number of rotatable bonds is 3. The van der Waals surface area contributed by atoms with Crippen LogP contribution in [0.15, 0.2) is 72.8 Å². The fourth-order valence-electron chi connectivity index (χ4n) is 2.38. The van der Waals surface area contributed by atoms with Crippen LogP contribution in [0.3, 0.4) is 0 Å². The lowest BCUT2D eigenvalue weighted by Gasteiger charge is -2.08. The molecule has 3 rings (SSSR count). The van der Waals surface area contributed by atoms with Gasteiger partial charge >= 0.3 is 0 Å². The molecule has 1 nitrogen and oxygen atoms in total. The molecule has 0 atom stereocenters. The molecule has 3 aromatic carbocycles. The molecule has 0 aromatic heterocycles. The van der Waals surface area contributed by atoms with Crippen LogP contribution in [-0.2, 0) is 6.42 Å². The highest BCUT2D eigenvalue weighted by molar-refractivity contribution is 6.10. The van der Waals surface area contributed by atoms with E-state index in [2.05, 4.69) is 30.3 Å². The van der Waals surface area contributed by atoms with Crippen LogP contribution in [0.1, 0.15) is 11.1 Å². The Labute approximate surface area is 113 Å². The Morgan fingerprint density at radius 1 is 0.737 bits per heavy atom. The van der Waals surface area contributed by atoms with Gasteiger partial charge in [-0.15, -0.1) is 0 Å². The Morgan fingerprint density at radius 3 is 2.26 bits per heavy atom. The van der Waals surface area contributed by atoms with Gasteiger partial charge in [0.1, 0.15) is 0 Å². The summed E-state index contributed by atoms with van der Waals surface area (Å²) in [6.45, 7) is 0. The number of benzene rings is 3. The molecule has 0 amide bonds. The fourth-order valence-corrected chi connectivity index (χ4v) is 2.38. The first-order valence-corrected chi connectivity index (χ1v) is 6.44. The van der Waals surface area contributed by atoms with Gasteiger partial charge in [-0.1, -0.05) is 72.8 Å². The van der Waals surface area contributed by atoms with Crippen LogP contribution >= 0.6 is 0 Å². The molecule has 0 heterocycles. The summed E-state index contributed by atoms with van der Waals surface area (Å²) >= 11 is 0. The van der Waals surface area contributed by atoms with E-state index in [0.717, 1.165) is 10.9 Å². The van der Waals surface area contributed by atoms with Crippen molar-refractivity contribution in [1.29, 1.82) is 5.41 Å². The smallest absolute Gasteiger partial charge is 0.0436 e. The highest BCUT2D eigenvalue weighted by Gasteiger charge is 2.06. The molecular formula is C18H15N. The summed E-state index contributed by atoms with van der Waals surface area (Å²) in [5.74, 6) is 0. The second kappa shape index (κ2) is 5.07. The fraction of sp³-hybridized carbons (Fsp3) is 0.0556. The molecule has 0 radical (unpaired) electrons. The Kier molecular flexibility index (Phi) is 3.11. The van der Waals surface area contributed by atoms with Crippen molar-refractivity contribution in [3.63, 3.8) is 0 Å². The molecule has 0 unspecified atom stereocenters. The highest BCUT2D eigenvalue weighted by atomic mass is 14.4. The van der Waals surface area contributed by atoms with Gasteiger partial charge in [-0.2, -0.15) is 0 Å². The zero-order chi connectivity index (χ0) is 13.1. The molecule has 1 heteroatoms. The Bertz CT molecular complexity index is 709. The number of fused-ring (bicyclic) bond motifs is 1. The summed E-state index contributed by atoms with van der Waals surface area (Å²) in [4.78, 5) is 0. The zero-order valence-corrected chi connectivity index (χ0v) is 10.6.